The lowest BCUT2D eigenvalue weighted by atomic mass is 9.99. The molecule has 0 fully saturated rings. The smallest absolute Gasteiger partial charge is 0.106 e. The number of aryl methyl sites for hydroxylation is 2. The van der Waals surface area contributed by atoms with Gasteiger partial charge in [-0.1, -0.05) is 0 Å². The second-order valence-electron chi connectivity index (χ2n) is 5.04. The van der Waals surface area contributed by atoms with Crippen LogP contribution in [0, 0.1) is 0 Å². The van der Waals surface area contributed by atoms with Crippen molar-refractivity contribution in [1.29, 1.82) is 0 Å². The SMILES string of the molecule is CC(Nc1ccc(Br)nc1)c1cc2c(s1)CCCC2. The van der Waals surface area contributed by atoms with Crippen LogP contribution in [0.3, 0.4) is 0 Å². The molecule has 3 rings (SSSR count). The third-order valence-corrected chi connectivity index (χ3v) is 5.44. The number of nitrogens with zero attached hydrogens (tertiary/aromatic N) is 1. The lowest BCUT2D eigenvalue weighted by Crippen LogP contribution is -2.04. The molecule has 1 N–H and O–H groups in total. The Morgan fingerprint density at radius 1 is 1.32 bits per heavy atom. The predicted octanol–water partition coefficient (Wildman–Crippen LogP) is 4.96. The number of pyridine rings is 1. The number of hydrogen-bond acceptors (Lipinski definition) is 3. The lowest BCUT2D eigenvalue weighted by molar-refractivity contribution is 0.696. The fourth-order valence-corrected chi connectivity index (χ4v) is 4.00. The number of anilines is 1. The molecule has 2 aromatic rings. The summed E-state index contributed by atoms with van der Waals surface area (Å²) in [6.45, 7) is 2.22. The zero-order chi connectivity index (χ0) is 13.2. The number of thiophene rings is 1. The highest BCUT2D eigenvalue weighted by Crippen LogP contribution is 2.33. The summed E-state index contributed by atoms with van der Waals surface area (Å²) in [5.41, 5.74) is 2.65. The summed E-state index contributed by atoms with van der Waals surface area (Å²) < 4.78 is 0.872. The quantitative estimate of drug-likeness (QED) is 0.801. The van der Waals surface area contributed by atoms with E-state index in [1.54, 1.807) is 10.4 Å². The lowest BCUT2D eigenvalue weighted by Gasteiger charge is -2.13. The number of aromatic nitrogens is 1. The van der Waals surface area contributed by atoms with E-state index in [0.717, 1.165) is 10.3 Å². The van der Waals surface area contributed by atoms with Crippen LogP contribution in [-0.2, 0) is 12.8 Å². The fourth-order valence-electron chi connectivity index (χ4n) is 2.51. The van der Waals surface area contributed by atoms with Crippen molar-refractivity contribution in [2.45, 2.75) is 38.6 Å². The van der Waals surface area contributed by atoms with E-state index in [9.17, 15) is 0 Å². The zero-order valence-electron chi connectivity index (χ0n) is 10.9. The molecular weight excluding hydrogens is 320 g/mol. The van der Waals surface area contributed by atoms with Gasteiger partial charge in [-0.3, -0.25) is 0 Å². The molecule has 0 amide bonds. The number of rotatable bonds is 3. The van der Waals surface area contributed by atoms with E-state index in [1.807, 2.05) is 23.6 Å². The van der Waals surface area contributed by atoms with Gasteiger partial charge in [-0.15, -0.1) is 11.3 Å². The summed E-state index contributed by atoms with van der Waals surface area (Å²) in [6, 6.07) is 6.76. The summed E-state index contributed by atoms with van der Waals surface area (Å²) in [4.78, 5) is 7.29. The number of hydrogen-bond donors (Lipinski definition) is 1. The average molecular weight is 337 g/mol. The van der Waals surface area contributed by atoms with Crippen molar-refractivity contribution in [3.8, 4) is 0 Å². The van der Waals surface area contributed by atoms with Crippen LogP contribution in [0.15, 0.2) is 29.0 Å². The second-order valence-corrected chi connectivity index (χ2v) is 7.02. The Labute approximate surface area is 126 Å². The first-order valence-electron chi connectivity index (χ1n) is 6.72. The van der Waals surface area contributed by atoms with Gasteiger partial charge in [0.05, 0.1) is 17.9 Å². The van der Waals surface area contributed by atoms with E-state index in [4.69, 9.17) is 0 Å². The molecule has 0 spiro atoms. The van der Waals surface area contributed by atoms with Gasteiger partial charge in [0.1, 0.15) is 4.60 Å². The maximum absolute atomic E-state index is 4.25. The maximum atomic E-state index is 4.25. The fraction of sp³-hybridized carbons (Fsp3) is 0.400. The minimum Gasteiger partial charge on any atom is -0.376 e. The van der Waals surface area contributed by atoms with Crippen LogP contribution in [0.4, 0.5) is 5.69 Å². The third-order valence-electron chi connectivity index (χ3n) is 3.55. The molecule has 1 aliphatic carbocycles. The molecular formula is C15H17BrN2S. The van der Waals surface area contributed by atoms with E-state index in [-0.39, 0.29) is 0 Å². The average Bonchev–Trinajstić information content (AvgIpc) is 2.85. The normalized spacial score (nSPS) is 15.9. The van der Waals surface area contributed by atoms with Gasteiger partial charge in [-0.2, -0.15) is 0 Å². The molecule has 4 heteroatoms. The number of halogens is 1. The highest BCUT2D eigenvalue weighted by molar-refractivity contribution is 9.10. The molecule has 0 aliphatic heterocycles. The van der Waals surface area contributed by atoms with E-state index in [0.29, 0.717) is 6.04 Å². The van der Waals surface area contributed by atoms with Gasteiger partial charge in [0, 0.05) is 9.75 Å². The molecule has 2 aromatic heterocycles. The standard InChI is InChI=1S/C15H17BrN2S/c1-10(18-12-6-7-15(16)17-9-12)14-8-11-4-2-3-5-13(11)19-14/h6-10,18H,2-5H2,1H3. The Bertz CT molecular complexity index is 539. The molecule has 0 bridgehead atoms. The molecule has 1 atom stereocenters. The van der Waals surface area contributed by atoms with Crippen molar-refractivity contribution in [3.63, 3.8) is 0 Å². The van der Waals surface area contributed by atoms with Crippen molar-refractivity contribution in [3.05, 3.63) is 44.3 Å². The van der Waals surface area contributed by atoms with Crippen LogP contribution >= 0.6 is 27.3 Å². The molecule has 2 nitrogen and oxygen atoms in total. The van der Waals surface area contributed by atoms with E-state index in [2.05, 4.69) is 45.3 Å². The first-order chi connectivity index (χ1) is 9.22. The predicted molar refractivity (Wildman–Crippen MR) is 84.9 cm³/mol. The monoisotopic (exact) mass is 336 g/mol. The molecule has 19 heavy (non-hydrogen) atoms. The van der Waals surface area contributed by atoms with Crippen molar-refractivity contribution < 1.29 is 0 Å². The summed E-state index contributed by atoms with van der Waals surface area (Å²) in [6.07, 6.45) is 7.10. The number of fused-ring (bicyclic) bond motifs is 1. The van der Waals surface area contributed by atoms with Crippen LogP contribution in [0.1, 0.15) is 41.1 Å². The molecule has 0 aromatic carbocycles. The van der Waals surface area contributed by atoms with Gasteiger partial charge in [0.2, 0.25) is 0 Å². The van der Waals surface area contributed by atoms with Gasteiger partial charge in [-0.25, -0.2) is 4.98 Å². The van der Waals surface area contributed by atoms with E-state index in [1.165, 1.54) is 30.6 Å². The first-order valence-corrected chi connectivity index (χ1v) is 8.33. The highest BCUT2D eigenvalue weighted by Gasteiger charge is 2.16. The van der Waals surface area contributed by atoms with Crippen LogP contribution < -0.4 is 5.32 Å². The summed E-state index contributed by atoms with van der Waals surface area (Å²) >= 11 is 5.33. The molecule has 100 valence electrons. The van der Waals surface area contributed by atoms with Crippen LogP contribution in [0.25, 0.3) is 0 Å². The summed E-state index contributed by atoms with van der Waals surface area (Å²) in [7, 11) is 0. The first kappa shape index (κ1) is 13.1. The highest BCUT2D eigenvalue weighted by atomic mass is 79.9. The van der Waals surface area contributed by atoms with E-state index >= 15 is 0 Å². The molecule has 0 saturated carbocycles. The van der Waals surface area contributed by atoms with Gasteiger partial charge in [0.15, 0.2) is 0 Å². The maximum Gasteiger partial charge on any atom is 0.106 e. The second kappa shape index (κ2) is 5.63. The molecule has 1 aliphatic rings. The van der Waals surface area contributed by atoms with Gasteiger partial charge >= 0.3 is 0 Å². The van der Waals surface area contributed by atoms with Crippen molar-refractivity contribution in [2.24, 2.45) is 0 Å². The van der Waals surface area contributed by atoms with Crippen LogP contribution in [0.2, 0.25) is 0 Å². The minimum atomic E-state index is 0.346. The molecule has 0 radical (unpaired) electrons. The van der Waals surface area contributed by atoms with E-state index < -0.39 is 0 Å². The molecule has 2 heterocycles. The number of nitrogens with one attached hydrogen (secondary N) is 1. The minimum absolute atomic E-state index is 0.346. The van der Waals surface area contributed by atoms with Crippen molar-refractivity contribution in [2.75, 3.05) is 5.32 Å². The van der Waals surface area contributed by atoms with Crippen LogP contribution in [0.5, 0.6) is 0 Å². The van der Waals surface area contributed by atoms with Gasteiger partial charge < -0.3 is 5.32 Å². The Morgan fingerprint density at radius 2 is 2.16 bits per heavy atom. The van der Waals surface area contributed by atoms with Gasteiger partial charge in [-0.05, 0) is 72.3 Å². The van der Waals surface area contributed by atoms with Crippen LogP contribution in [-0.4, -0.2) is 4.98 Å². The largest absolute Gasteiger partial charge is 0.376 e. The zero-order valence-corrected chi connectivity index (χ0v) is 13.4. The third kappa shape index (κ3) is 3.00. The molecule has 1 unspecified atom stereocenters. The van der Waals surface area contributed by atoms with Crippen molar-refractivity contribution in [1.82, 2.24) is 4.98 Å². The Balaban J connectivity index is 1.74. The topological polar surface area (TPSA) is 24.9 Å². The van der Waals surface area contributed by atoms with Gasteiger partial charge in [0.25, 0.3) is 0 Å². The Hall–Kier alpha value is -0.870. The molecule has 0 saturated heterocycles. The summed E-state index contributed by atoms with van der Waals surface area (Å²) in [5, 5.41) is 3.52. The Morgan fingerprint density at radius 3 is 2.89 bits per heavy atom. The Kier molecular flexibility index (Phi) is 3.89. The van der Waals surface area contributed by atoms with Crippen molar-refractivity contribution >= 4 is 33.0 Å². The summed E-state index contributed by atoms with van der Waals surface area (Å²) in [5.74, 6) is 0.